The largest absolute Gasteiger partial charge is 0.312 e. The first-order valence-corrected chi connectivity index (χ1v) is 8.08. The lowest BCUT2D eigenvalue weighted by molar-refractivity contribution is 0.189. The topological polar surface area (TPSA) is 15.3 Å². The average molecular weight is 297 g/mol. The first kappa shape index (κ1) is 17.5. The molecule has 0 radical (unpaired) electrons. The molecule has 3 heteroatoms. The molecule has 0 aliphatic carbocycles. The number of rotatable bonds is 8. The molecule has 0 saturated carbocycles. The minimum absolute atomic E-state index is 0.368. The fourth-order valence-corrected chi connectivity index (χ4v) is 2.64. The third-order valence-corrected chi connectivity index (χ3v) is 4.56. The molecule has 0 fully saturated rings. The molecule has 2 unspecified atom stereocenters. The van der Waals surface area contributed by atoms with E-state index in [0.717, 1.165) is 11.6 Å². The summed E-state index contributed by atoms with van der Waals surface area (Å²) in [5.74, 6) is 0. The Balaban J connectivity index is 2.57. The van der Waals surface area contributed by atoms with Crippen molar-refractivity contribution in [3.8, 4) is 0 Å². The lowest BCUT2D eigenvalue weighted by Gasteiger charge is -2.32. The molecule has 1 N–H and O–H groups in total. The highest BCUT2D eigenvalue weighted by Gasteiger charge is 2.18. The van der Waals surface area contributed by atoms with Gasteiger partial charge in [0, 0.05) is 29.7 Å². The van der Waals surface area contributed by atoms with Gasteiger partial charge in [-0.05, 0) is 51.4 Å². The summed E-state index contributed by atoms with van der Waals surface area (Å²) in [6.45, 7) is 10.0. The van der Waals surface area contributed by atoms with Gasteiger partial charge in [-0.2, -0.15) is 0 Å². The van der Waals surface area contributed by atoms with Crippen LogP contribution in [-0.4, -0.2) is 30.6 Å². The Labute approximate surface area is 129 Å². The van der Waals surface area contributed by atoms with E-state index in [-0.39, 0.29) is 0 Å². The maximum absolute atomic E-state index is 6.08. The van der Waals surface area contributed by atoms with Crippen LogP contribution >= 0.6 is 11.6 Å². The van der Waals surface area contributed by atoms with Gasteiger partial charge in [-0.15, -0.1) is 0 Å². The van der Waals surface area contributed by atoms with Gasteiger partial charge in [0.05, 0.1) is 0 Å². The second-order valence-corrected chi connectivity index (χ2v) is 6.10. The summed E-state index contributed by atoms with van der Waals surface area (Å²) in [4.78, 5) is 2.40. The number of likely N-dealkylation sites (N-methyl/N-ethyl adjacent to an activating group) is 1. The zero-order valence-corrected chi connectivity index (χ0v) is 14.2. The molecule has 1 aromatic rings. The molecule has 0 spiro atoms. The molecule has 0 heterocycles. The number of hydrogen-bond donors (Lipinski definition) is 1. The molecule has 0 aliphatic heterocycles. The Kier molecular flexibility index (Phi) is 7.57. The van der Waals surface area contributed by atoms with E-state index in [1.165, 1.54) is 18.4 Å². The Bertz CT molecular complexity index is 390. The van der Waals surface area contributed by atoms with Gasteiger partial charge in [0.2, 0.25) is 0 Å². The molecule has 0 saturated heterocycles. The number of hydrogen-bond acceptors (Lipinski definition) is 2. The van der Waals surface area contributed by atoms with Gasteiger partial charge in [0.25, 0.3) is 0 Å². The van der Waals surface area contributed by atoms with Crippen molar-refractivity contribution in [2.24, 2.45) is 0 Å². The SMILES string of the molecule is CCC(CC)NCC(C)N(C)C(C)c1cccc(Cl)c1. The van der Waals surface area contributed by atoms with Crippen LogP contribution in [0.1, 0.15) is 52.1 Å². The van der Waals surface area contributed by atoms with Crippen LogP contribution in [0.4, 0.5) is 0 Å². The molecule has 114 valence electrons. The number of nitrogens with zero attached hydrogens (tertiary/aromatic N) is 1. The van der Waals surface area contributed by atoms with E-state index >= 15 is 0 Å². The van der Waals surface area contributed by atoms with Crippen molar-refractivity contribution in [3.63, 3.8) is 0 Å². The normalized spacial score (nSPS) is 14.8. The second kappa shape index (κ2) is 8.66. The lowest BCUT2D eigenvalue weighted by Crippen LogP contribution is -2.42. The van der Waals surface area contributed by atoms with E-state index in [1.54, 1.807) is 0 Å². The van der Waals surface area contributed by atoms with Gasteiger partial charge in [0.1, 0.15) is 0 Å². The maximum atomic E-state index is 6.08. The molecule has 0 aliphatic rings. The van der Waals surface area contributed by atoms with Gasteiger partial charge in [-0.3, -0.25) is 4.90 Å². The van der Waals surface area contributed by atoms with Gasteiger partial charge in [-0.1, -0.05) is 37.6 Å². The molecule has 2 nitrogen and oxygen atoms in total. The highest BCUT2D eigenvalue weighted by Crippen LogP contribution is 2.23. The minimum atomic E-state index is 0.368. The van der Waals surface area contributed by atoms with Crippen LogP contribution in [0.5, 0.6) is 0 Å². The number of nitrogens with one attached hydrogen (secondary N) is 1. The standard InChI is InChI=1S/C17H29ClN2/c1-6-17(7-2)19-12-13(3)20(5)14(4)15-9-8-10-16(18)11-15/h8-11,13-14,17,19H,6-7,12H2,1-5H3. The van der Waals surface area contributed by atoms with Crippen molar-refractivity contribution in [3.05, 3.63) is 34.9 Å². The van der Waals surface area contributed by atoms with Gasteiger partial charge < -0.3 is 5.32 Å². The van der Waals surface area contributed by atoms with Crippen LogP contribution in [0.2, 0.25) is 5.02 Å². The predicted octanol–water partition coefficient (Wildman–Crippen LogP) is 4.50. The van der Waals surface area contributed by atoms with Crippen molar-refractivity contribution in [2.45, 2.75) is 58.7 Å². The van der Waals surface area contributed by atoms with Crippen molar-refractivity contribution < 1.29 is 0 Å². The summed E-state index contributed by atoms with van der Waals surface area (Å²) in [6, 6.07) is 9.65. The fraction of sp³-hybridized carbons (Fsp3) is 0.647. The molecular weight excluding hydrogens is 268 g/mol. The highest BCUT2D eigenvalue weighted by atomic mass is 35.5. The first-order chi connectivity index (χ1) is 9.49. The third kappa shape index (κ3) is 5.08. The van der Waals surface area contributed by atoms with Crippen LogP contribution in [0, 0.1) is 0 Å². The summed E-state index contributed by atoms with van der Waals surface area (Å²) in [5, 5.41) is 4.46. The molecule has 1 rings (SSSR count). The molecule has 0 amide bonds. The Morgan fingerprint density at radius 2 is 1.85 bits per heavy atom. The summed E-state index contributed by atoms with van der Waals surface area (Å²) in [7, 11) is 2.19. The van der Waals surface area contributed by atoms with E-state index in [9.17, 15) is 0 Å². The van der Waals surface area contributed by atoms with Gasteiger partial charge >= 0.3 is 0 Å². The van der Waals surface area contributed by atoms with Gasteiger partial charge in [-0.25, -0.2) is 0 Å². The molecule has 1 aromatic carbocycles. The summed E-state index contributed by atoms with van der Waals surface area (Å²) in [5.41, 5.74) is 1.27. The zero-order valence-electron chi connectivity index (χ0n) is 13.5. The lowest BCUT2D eigenvalue weighted by atomic mass is 10.1. The highest BCUT2D eigenvalue weighted by molar-refractivity contribution is 6.30. The fourth-order valence-electron chi connectivity index (χ4n) is 2.44. The van der Waals surface area contributed by atoms with Crippen molar-refractivity contribution in [1.82, 2.24) is 10.2 Å². The average Bonchev–Trinajstić information content (AvgIpc) is 2.46. The van der Waals surface area contributed by atoms with E-state index < -0.39 is 0 Å². The molecule has 20 heavy (non-hydrogen) atoms. The quantitative estimate of drug-likeness (QED) is 0.760. The van der Waals surface area contributed by atoms with Crippen molar-refractivity contribution >= 4 is 11.6 Å². The molecule has 0 bridgehead atoms. The van der Waals surface area contributed by atoms with Crippen LogP contribution in [0.25, 0.3) is 0 Å². The monoisotopic (exact) mass is 296 g/mol. The van der Waals surface area contributed by atoms with E-state index in [4.69, 9.17) is 11.6 Å². The smallest absolute Gasteiger partial charge is 0.0409 e. The van der Waals surface area contributed by atoms with Crippen molar-refractivity contribution in [1.29, 1.82) is 0 Å². The van der Waals surface area contributed by atoms with Crippen LogP contribution in [0.15, 0.2) is 24.3 Å². The maximum Gasteiger partial charge on any atom is 0.0409 e. The molecule has 2 atom stereocenters. The Hall–Kier alpha value is -0.570. The van der Waals surface area contributed by atoms with Crippen molar-refractivity contribution in [2.75, 3.05) is 13.6 Å². The summed E-state index contributed by atoms with van der Waals surface area (Å²) in [6.07, 6.45) is 2.38. The van der Waals surface area contributed by atoms with E-state index in [2.05, 4.69) is 57.1 Å². The summed E-state index contributed by atoms with van der Waals surface area (Å²) >= 11 is 6.08. The molecular formula is C17H29ClN2. The number of benzene rings is 1. The zero-order chi connectivity index (χ0) is 15.1. The van der Waals surface area contributed by atoms with E-state index in [1.807, 2.05) is 12.1 Å². The van der Waals surface area contributed by atoms with Crippen LogP contribution in [0.3, 0.4) is 0 Å². The minimum Gasteiger partial charge on any atom is -0.312 e. The Morgan fingerprint density at radius 1 is 1.20 bits per heavy atom. The van der Waals surface area contributed by atoms with Crippen LogP contribution < -0.4 is 5.32 Å². The molecule has 0 aromatic heterocycles. The third-order valence-electron chi connectivity index (χ3n) is 4.32. The van der Waals surface area contributed by atoms with Crippen LogP contribution in [-0.2, 0) is 0 Å². The number of halogens is 1. The van der Waals surface area contributed by atoms with Gasteiger partial charge in [0.15, 0.2) is 0 Å². The Morgan fingerprint density at radius 3 is 2.40 bits per heavy atom. The predicted molar refractivity (Wildman–Crippen MR) is 89.5 cm³/mol. The first-order valence-electron chi connectivity index (χ1n) is 7.70. The van der Waals surface area contributed by atoms with E-state index in [0.29, 0.717) is 18.1 Å². The second-order valence-electron chi connectivity index (χ2n) is 5.67. The summed E-state index contributed by atoms with van der Waals surface area (Å²) < 4.78 is 0.